The molecule has 1 N–H and O–H groups in total. The zero-order valence-corrected chi connectivity index (χ0v) is 18.7. The highest BCUT2D eigenvalue weighted by molar-refractivity contribution is 7.92. The number of ether oxygens (including phenoxy) is 2. The first-order chi connectivity index (χ1) is 14.1. The van der Waals surface area contributed by atoms with Crippen molar-refractivity contribution in [1.82, 2.24) is 5.32 Å². The molecule has 2 aromatic rings. The van der Waals surface area contributed by atoms with E-state index in [1.807, 2.05) is 39.0 Å². The molecule has 0 radical (unpaired) electrons. The van der Waals surface area contributed by atoms with Gasteiger partial charge in [0, 0.05) is 12.1 Å². The normalized spacial score (nSPS) is 14.4. The van der Waals surface area contributed by atoms with Crippen LogP contribution in [0.25, 0.3) is 0 Å². The molecule has 0 bridgehead atoms. The summed E-state index contributed by atoms with van der Waals surface area (Å²) in [5, 5.41) is 2.99. The average Bonchev–Trinajstić information content (AvgIpc) is 3.11. The van der Waals surface area contributed by atoms with Crippen LogP contribution in [-0.2, 0) is 16.4 Å². The van der Waals surface area contributed by atoms with Crippen molar-refractivity contribution in [2.75, 3.05) is 24.2 Å². The smallest absolute Gasteiger partial charge is 0.251 e. The Morgan fingerprint density at radius 2 is 1.83 bits per heavy atom. The third-order valence-corrected chi connectivity index (χ3v) is 6.17. The summed E-state index contributed by atoms with van der Waals surface area (Å²) in [6, 6.07) is 10.5. The van der Waals surface area contributed by atoms with Gasteiger partial charge in [0.1, 0.15) is 0 Å². The van der Waals surface area contributed by atoms with Crippen LogP contribution >= 0.6 is 0 Å². The van der Waals surface area contributed by atoms with Gasteiger partial charge < -0.3 is 14.8 Å². The summed E-state index contributed by atoms with van der Waals surface area (Å²) in [7, 11) is -1.73. The fourth-order valence-electron chi connectivity index (χ4n) is 3.53. The molecule has 1 unspecified atom stereocenters. The van der Waals surface area contributed by atoms with Crippen LogP contribution < -0.4 is 19.1 Å². The molecule has 1 heterocycles. The molecule has 162 valence electrons. The highest BCUT2D eigenvalue weighted by Crippen LogP contribution is 2.32. The van der Waals surface area contributed by atoms with E-state index < -0.39 is 10.0 Å². The number of benzene rings is 2. The lowest BCUT2D eigenvalue weighted by atomic mass is 10.1. The molecular weight excluding hydrogens is 404 g/mol. The molecule has 7 nitrogen and oxygen atoms in total. The predicted molar refractivity (Wildman–Crippen MR) is 117 cm³/mol. The van der Waals surface area contributed by atoms with Gasteiger partial charge >= 0.3 is 0 Å². The molecule has 3 rings (SSSR count). The van der Waals surface area contributed by atoms with Crippen LogP contribution in [0.3, 0.4) is 0 Å². The van der Waals surface area contributed by atoms with Gasteiger partial charge in [0.05, 0.1) is 31.2 Å². The molecule has 1 amide bonds. The number of nitrogens with zero attached hydrogens (tertiary/aromatic N) is 1. The Bertz CT molecular complexity index is 1050. The number of methoxy groups -OCH3 is 1. The third-order valence-electron chi connectivity index (χ3n) is 4.99. The highest BCUT2D eigenvalue weighted by atomic mass is 32.2. The van der Waals surface area contributed by atoms with Crippen molar-refractivity contribution in [2.24, 2.45) is 0 Å². The lowest BCUT2D eigenvalue weighted by Gasteiger charge is -2.19. The summed E-state index contributed by atoms with van der Waals surface area (Å²) in [6.07, 6.45) is 1.81. The fourth-order valence-corrected chi connectivity index (χ4v) is 4.48. The van der Waals surface area contributed by atoms with Gasteiger partial charge in [0.2, 0.25) is 10.0 Å². The summed E-state index contributed by atoms with van der Waals surface area (Å²) in [4.78, 5) is 12.8. The molecular formula is C22H28N2O5S. The second kappa shape index (κ2) is 8.55. The first-order valence-electron chi connectivity index (χ1n) is 9.86. The second-order valence-corrected chi connectivity index (χ2v) is 9.61. The van der Waals surface area contributed by atoms with Gasteiger partial charge in [0.15, 0.2) is 11.5 Å². The molecule has 0 aliphatic carbocycles. The van der Waals surface area contributed by atoms with Crippen LogP contribution in [0.4, 0.5) is 5.69 Å². The Morgan fingerprint density at radius 3 is 2.47 bits per heavy atom. The Labute approximate surface area is 178 Å². The van der Waals surface area contributed by atoms with E-state index in [4.69, 9.17) is 9.47 Å². The van der Waals surface area contributed by atoms with Crippen LogP contribution in [0.15, 0.2) is 36.4 Å². The molecule has 0 fully saturated rings. The summed E-state index contributed by atoms with van der Waals surface area (Å²) < 4.78 is 36.3. The van der Waals surface area contributed by atoms with Gasteiger partial charge in [0.25, 0.3) is 5.91 Å². The summed E-state index contributed by atoms with van der Waals surface area (Å²) in [5.41, 5.74) is 2.90. The zero-order chi connectivity index (χ0) is 22.1. The minimum atomic E-state index is -3.31. The number of carbonyl (C=O) groups excluding carboxylic acids is 1. The number of hydrogen-bond donors (Lipinski definition) is 1. The Kier molecular flexibility index (Phi) is 6.26. The highest BCUT2D eigenvalue weighted by Gasteiger charge is 2.27. The van der Waals surface area contributed by atoms with Crippen molar-refractivity contribution in [3.05, 3.63) is 53.1 Å². The number of carbonyl (C=O) groups is 1. The van der Waals surface area contributed by atoms with Gasteiger partial charge in [-0.15, -0.1) is 0 Å². The summed E-state index contributed by atoms with van der Waals surface area (Å²) >= 11 is 0. The molecule has 0 saturated heterocycles. The van der Waals surface area contributed by atoms with Crippen LogP contribution in [0.2, 0.25) is 0 Å². The van der Waals surface area contributed by atoms with Gasteiger partial charge in [-0.1, -0.05) is 6.07 Å². The van der Waals surface area contributed by atoms with Crippen molar-refractivity contribution in [3.8, 4) is 11.5 Å². The Hall–Kier alpha value is -2.74. The molecule has 1 atom stereocenters. The molecule has 8 heteroatoms. The standard InChI is InChI=1S/C22H28N2O5S/c1-14(2)29-20-9-7-16(13-21(20)28-4)15(3)23-22(25)18-6-8-19-17(12-18)10-11-24(19)30(5,26)27/h6-9,12-15H,10-11H2,1-5H3,(H,23,25). The van der Waals surface area contributed by atoms with E-state index in [0.717, 1.165) is 11.1 Å². The number of hydrogen-bond acceptors (Lipinski definition) is 5. The summed E-state index contributed by atoms with van der Waals surface area (Å²) in [6.45, 7) is 6.19. The molecule has 0 saturated carbocycles. The van der Waals surface area contributed by atoms with E-state index in [-0.39, 0.29) is 18.1 Å². The van der Waals surface area contributed by atoms with Gasteiger partial charge in [-0.05, 0) is 68.7 Å². The van der Waals surface area contributed by atoms with E-state index in [2.05, 4.69) is 5.32 Å². The molecule has 0 spiro atoms. The number of nitrogens with one attached hydrogen (secondary N) is 1. The maximum atomic E-state index is 12.8. The lowest BCUT2D eigenvalue weighted by molar-refractivity contribution is 0.0939. The minimum Gasteiger partial charge on any atom is -0.493 e. The Morgan fingerprint density at radius 1 is 1.10 bits per heavy atom. The fraction of sp³-hybridized carbons (Fsp3) is 0.409. The third kappa shape index (κ3) is 4.70. The van der Waals surface area contributed by atoms with Crippen molar-refractivity contribution in [2.45, 2.75) is 39.3 Å². The van der Waals surface area contributed by atoms with E-state index >= 15 is 0 Å². The first-order valence-corrected chi connectivity index (χ1v) is 11.7. The van der Waals surface area contributed by atoms with E-state index in [1.54, 1.807) is 25.3 Å². The van der Waals surface area contributed by atoms with Crippen LogP contribution in [0, 0.1) is 0 Å². The van der Waals surface area contributed by atoms with Gasteiger partial charge in [-0.25, -0.2) is 8.42 Å². The quantitative estimate of drug-likeness (QED) is 0.726. The lowest BCUT2D eigenvalue weighted by Crippen LogP contribution is -2.28. The van der Waals surface area contributed by atoms with Crippen LogP contribution in [0.1, 0.15) is 48.3 Å². The van der Waals surface area contributed by atoms with Gasteiger partial charge in [-0.3, -0.25) is 9.10 Å². The molecule has 1 aliphatic heterocycles. The predicted octanol–water partition coefficient (Wildman–Crippen LogP) is 3.30. The van der Waals surface area contributed by atoms with Crippen molar-refractivity contribution in [1.29, 1.82) is 0 Å². The zero-order valence-electron chi connectivity index (χ0n) is 17.9. The topological polar surface area (TPSA) is 84.9 Å². The number of amides is 1. The number of fused-ring (bicyclic) bond motifs is 1. The van der Waals surface area contributed by atoms with Crippen molar-refractivity contribution in [3.63, 3.8) is 0 Å². The molecule has 30 heavy (non-hydrogen) atoms. The van der Waals surface area contributed by atoms with E-state index in [0.29, 0.717) is 35.7 Å². The number of sulfonamides is 1. The van der Waals surface area contributed by atoms with Gasteiger partial charge in [-0.2, -0.15) is 0 Å². The number of anilines is 1. The summed E-state index contributed by atoms with van der Waals surface area (Å²) in [5.74, 6) is 1.05. The Balaban J connectivity index is 1.75. The molecule has 2 aromatic carbocycles. The van der Waals surface area contributed by atoms with Crippen LogP contribution in [0.5, 0.6) is 11.5 Å². The van der Waals surface area contributed by atoms with Crippen LogP contribution in [-0.4, -0.2) is 40.3 Å². The SMILES string of the molecule is COc1cc(C(C)NC(=O)c2ccc3c(c2)CCN3S(C)(=O)=O)ccc1OC(C)C. The average molecular weight is 433 g/mol. The maximum absolute atomic E-state index is 12.8. The largest absolute Gasteiger partial charge is 0.493 e. The minimum absolute atomic E-state index is 0.0281. The maximum Gasteiger partial charge on any atom is 0.251 e. The molecule has 0 aromatic heterocycles. The number of rotatable bonds is 7. The second-order valence-electron chi connectivity index (χ2n) is 7.70. The van der Waals surface area contributed by atoms with E-state index in [9.17, 15) is 13.2 Å². The molecule has 1 aliphatic rings. The van der Waals surface area contributed by atoms with E-state index in [1.165, 1.54) is 10.6 Å². The van der Waals surface area contributed by atoms with Crippen molar-refractivity contribution < 1.29 is 22.7 Å². The monoisotopic (exact) mass is 432 g/mol. The first kappa shape index (κ1) is 22.0. The van der Waals surface area contributed by atoms with Crippen molar-refractivity contribution >= 4 is 21.6 Å².